The zero-order valence-corrected chi connectivity index (χ0v) is 13.9. The maximum absolute atomic E-state index is 12.1. The lowest BCUT2D eigenvalue weighted by atomic mass is 10.1. The van der Waals surface area contributed by atoms with E-state index in [2.05, 4.69) is 21.2 Å². The van der Waals surface area contributed by atoms with Gasteiger partial charge in [0, 0.05) is 16.6 Å². The average Bonchev–Trinajstić information content (AvgIpc) is 2.50. The Morgan fingerprint density at radius 3 is 2.52 bits per heavy atom. The minimum atomic E-state index is -0.170. The smallest absolute Gasteiger partial charge is 0.255 e. The molecule has 0 aromatic heterocycles. The maximum Gasteiger partial charge on any atom is 0.255 e. The molecule has 0 fully saturated rings. The summed E-state index contributed by atoms with van der Waals surface area (Å²) in [7, 11) is 0. The number of halogens is 2. The molecule has 0 aliphatic heterocycles. The van der Waals surface area contributed by atoms with Crippen LogP contribution in [0.15, 0.2) is 42.5 Å². The first-order valence-electron chi connectivity index (χ1n) is 6.52. The van der Waals surface area contributed by atoms with Crippen molar-refractivity contribution in [2.75, 3.05) is 11.9 Å². The normalized spacial score (nSPS) is 10.2. The van der Waals surface area contributed by atoms with E-state index in [0.717, 1.165) is 10.9 Å². The van der Waals surface area contributed by atoms with Gasteiger partial charge < -0.3 is 10.1 Å². The molecule has 0 heterocycles. The highest BCUT2D eigenvalue weighted by Gasteiger charge is 2.08. The Bertz CT molecular complexity index is 629. The molecule has 21 heavy (non-hydrogen) atoms. The molecule has 0 aliphatic rings. The van der Waals surface area contributed by atoms with Crippen molar-refractivity contribution in [3.05, 3.63) is 58.6 Å². The summed E-state index contributed by atoms with van der Waals surface area (Å²) in [5, 5.41) is 4.06. The van der Waals surface area contributed by atoms with Crippen LogP contribution in [-0.2, 0) is 5.33 Å². The second-order valence-electron chi connectivity index (χ2n) is 4.36. The molecule has 0 saturated heterocycles. The second-order valence-corrected chi connectivity index (χ2v) is 5.33. The molecule has 0 atom stereocenters. The number of benzene rings is 2. The summed E-state index contributed by atoms with van der Waals surface area (Å²) in [5.41, 5.74) is 2.36. The van der Waals surface area contributed by atoms with Crippen LogP contribution in [-0.4, -0.2) is 12.5 Å². The summed E-state index contributed by atoms with van der Waals surface area (Å²) in [4.78, 5) is 12.1. The van der Waals surface area contributed by atoms with Gasteiger partial charge in [0.15, 0.2) is 0 Å². The van der Waals surface area contributed by atoms with Gasteiger partial charge in [0.1, 0.15) is 5.75 Å². The van der Waals surface area contributed by atoms with Crippen molar-refractivity contribution >= 4 is 39.1 Å². The van der Waals surface area contributed by atoms with Gasteiger partial charge in [-0.05, 0) is 42.8 Å². The van der Waals surface area contributed by atoms with Crippen molar-refractivity contribution in [2.45, 2.75) is 12.3 Å². The fourth-order valence-electron chi connectivity index (χ4n) is 1.80. The van der Waals surface area contributed by atoms with Gasteiger partial charge in [-0.25, -0.2) is 0 Å². The summed E-state index contributed by atoms with van der Waals surface area (Å²) in [5.74, 6) is 0.440. The molecule has 0 unspecified atom stereocenters. The highest BCUT2D eigenvalue weighted by molar-refractivity contribution is 9.08. The Labute approximate surface area is 137 Å². The number of hydrogen-bond acceptors (Lipinski definition) is 2. The highest BCUT2D eigenvalue weighted by atomic mass is 79.9. The van der Waals surface area contributed by atoms with Gasteiger partial charge in [-0.2, -0.15) is 0 Å². The van der Waals surface area contributed by atoms with E-state index in [1.807, 2.05) is 19.1 Å². The molecule has 1 amide bonds. The third-order valence-corrected chi connectivity index (χ3v) is 3.80. The van der Waals surface area contributed by atoms with Crippen LogP contribution in [0.25, 0.3) is 0 Å². The molecule has 0 saturated carbocycles. The van der Waals surface area contributed by atoms with E-state index in [0.29, 0.717) is 28.6 Å². The number of carbonyl (C=O) groups is 1. The van der Waals surface area contributed by atoms with E-state index in [1.54, 1.807) is 30.3 Å². The Balaban J connectivity index is 2.09. The monoisotopic (exact) mass is 367 g/mol. The highest BCUT2D eigenvalue weighted by Crippen LogP contribution is 2.27. The standard InChI is InChI=1S/C16H15BrClNO2/c1-2-21-15-8-7-13(9-14(15)18)19-16(20)12-5-3-11(10-17)4-6-12/h3-9H,2,10H2,1H3,(H,19,20). The molecular formula is C16H15BrClNO2. The zero-order chi connectivity index (χ0) is 15.2. The van der Waals surface area contributed by atoms with E-state index in [4.69, 9.17) is 16.3 Å². The molecule has 3 nitrogen and oxygen atoms in total. The Kier molecular flexibility index (Phi) is 5.65. The topological polar surface area (TPSA) is 38.3 Å². The van der Waals surface area contributed by atoms with Crippen LogP contribution in [0.3, 0.4) is 0 Å². The fourth-order valence-corrected chi connectivity index (χ4v) is 2.41. The van der Waals surface area contributed by atoms with Gasteiger partial charge in [0.2, 0.25) is 0 Å². The van der Waals surface area contributed by atoms with E-state index in [-0.39, 0.29) is 5.91 Å². The van der Waals surface area contributed by atoms with Crippen molar-refractivity contribution in [3.63, 3.8) is 0 Å². The molecule has 2 aromatic rings. The van der Waals surface area contributed by atoms with Crippen LogP contribution < -0.4 is 10.1 Å². The van der Waals surface area contributed by atoms with Crippen molar-refractivity contribution < 1.29 is 9.53 Å². The van der Waals surface area contributed by atoms with Gasteiger partial charge in [-0.1, -0.05) is 39.7 Å². The van der Waals surface area contributed by atoms with E-state index in [9.17, 15) is 4.79 Å². The van der Waals surface area contributed by atoms with Gasteiger partial charge in [0.25, 0.3) is 5.91 Å². The van der Waals surface area contributed by atoms with Gasteiger partial charge in [-0.15, -0.1) is 0 Å². The summed E-state index contributed by atoms with van der Waals surface area (Å²) < 4.78 is 5.36. The summed E-state index contributed by atoms with van der Waals surface area (Å²) in [6.07, 6.45) is 0. The SMILES string of the molecule is CCOc1ccc(NC(=O)c2ccc(CBr)cc2)cc1Cl. The molecule has 0 aliphatic carbocycles. The van der Waals surface area contributed by atoms with Crippen molar-refractivity contribution in [3.8, 4) is 5.75 Å². The third-order valence-electron chi connectivity index (χ3n) is 2.86. The minimum Gasteiger partial charge on any atom is -0.492 e. The first-order valence-corrected chi connectivity index (χ1v) is 8.02. The van der Waals surface area contributed by atoms with Crippen molar-refractivity contribution in [1.82, 2.24) is 0 Å². The molecule has 0 radical (unpaired) electrons. The number of ether oxygens (including phenoxy) is 1. The first-order chi connectivity index (χ1) is 10.1. The molecule has 1 N–H and O–H groups in total. The number of rotatable bonds is 5. The predicted molar refractivity (Wildman–Crippen MR) is 89.6 cm³/mol. The average molecular weight is 369 g/mol. The molecule has 110 valence electrons. The zero-order valence-electron chi connectivity index (χ0n) is 11.5. The lowest BCUT2D eigenvalue weighted by Crippen LogP contribution is -2.11. The van der Waals surface area contributed by atoms with E-state index >= 15 is 0 Å². The number of hydrogen-bond donors (Lipinski definition) is 1. The summed E-state index contributed by atoms with van der Waals surface area (Å²) in [6, 6.07) is 12.6. The minimum absolute atomic E-state index is 0.170. The fraction of sp³-hybridized carbons (Fsp3) is 0.188. The lowest BCUT2D eigenvalue weighted by molar-refractivity contribution is 0.102. The number of nitrogens with one attached hydrogen (secondary N) is 1. The summed E-state index contributed by atoms with van der Waals surface area (Å²) in [6.45, 7) is 2.44. The lowest BCUT2D eigenvalue weighted by Gasteiger charge is -2.09. The van der Waals surface area contributed by atoms with Crippen LogP contribution in [0, 0.1) is 0 Å². The molecule has 2 rings (SSSR count). The quantitative estimate of drug-likeness (QED) is 0.763. The molecule has 5 heteroatoms. The Morgan fingerprint density at radius 2 is 1.95 bits per heavy atom. The van der Waals surface area contributed by atoms with Crippen LogP contribution in [0.4, 0.5) is 5.69 Å². The van der Waals surface area contributed by atoms with Gasteiger partial charge >= 0.3 is 0 Å². The van der Waals surface area contributed by atoms with Crippen LogP contribution in [0.2, 0.25) is 5.02 Å². The molecule has 0 spiro atoms. The Morgan fingerprint density at radius 1 is 1.24 bits per heavy atom. The van der Waals surface area contributed by atoms with Crippen LogP contribution in [0.5, 0.6) is 5.75 Å². The largest absolute Gasteiger partial charge is 0.492 e. The Hall–Kier alpha value is -1.52. The van der Waals surface area contributed by atoms with Crippen LogP contribution >= 0.6 is 27.5 Å². The molecular weight excluding hydrogens is 354 g/mol. The second kappa shape index (κ2) is 7.48. The van der Waals surface area contributed by atoms with Crippen molar-refractivity contribution in [1.29, 1.82) is 0 Å². The van der Waals surface area contributed by atoms with Gasteiger partial charge in [0.05, 0.1) is 11.6 Å². The molecule has 0 bridgehead atoms. The summed E-state index contributed by atoms with van der Waals surface area (Å²) >= 11 is 9.47. The van der Waals surface area contributed by atoms with Crippen LogP contribution in [0.1, 0.15) is 22.8 Å². The van der Waals surface area contributed by atoms with Crippen molar-refractivity contribution in [2.24, 2.45) is 0 Å². The molecule has 2 aromatic carbocycles. The first kappa shape index (κ1) is 15.9. The number of alkyl halides is 1. The number of carbonyl (C=O) groups excluding carboxylic acids is 1. The number of amides is 1. The maximum atomic E-state index is 12.1. The number of anilines is 1. The third kappa shape index (κ3) is 4.22. The van der Waals surface area contributed by atoms with E-state index in [1.165, 1.54) is 0 Å². The van der Waals surface area contributed by atoms with E-state index < -0.39 is 0 Å². The van der Waals surface area contributed by atoms with Gasteiger partial charge in [-0.3, -0.25) is 4.79 Å². The predicted octanol–water partition coefficient (Wildman–Crippen LogP) is 4.89.